The Hall–Kier alpha value is -2.63. The number of nitrogens with one attached hydrogen (secondary N) is 1. The number of carbonyl (C=O) groups is 1. The molecule has 1 aromatic heterocycles. The standard InChI is InChI=1S/C18H16ClN3O2/c1-22-10-15(17(21-22)14-7-2-3-8-16(14)19)18(24)20-13-6-4-5-12(9-13)11-23/h2-10,23H,11H2,1H3,(H,20,24). The molecule has 1 heterocycles. The van der Waals surface area contributed by atoms with E-state index in [0.29, 0.717) is 27.5 Å². The van der Waals surface area contributed by atoms with Crippen LogP contribution < -0.4 is 5.32 Å². The Morgan fingerprint density at radius 3 is 2.79 bits per heavy atom. The summed E-state index contributed by atoms with van der Waals surface area (Å²) in [6.45, 7) is -0.0819. The van der Waals surface area contributed by atoms with Gasteiger partial charge >= 0.3 is 0 Å². The maximum Gasteiger partial charge on any atom is 0.259 e. The molecule has 0 bridgehead atoms. The van der Waals surface area contributed by atoms with Gasteiger partial charge in [-0.3, -0.25) is 9.48 Å². The van der Waals surface area contributed by atoms with Crippen LogP contribution in [0.25, 0.3) is 11.3 Å². The SMILES string of the molecule is Cn1cc(C(=O)Nc2cccc(CO)c2)c(-c2ccccc2Cl)n1. The number of hydrogen-bond acceptors (Lipinski definition) is 3. The van der Waals surface area contributed by atoms with Crippen LogP contribution in [0.15, 0.2) is 54.7 Å². The largest absolute Gasteiger partial charge is 0.392 e. The molecule has 0 aliphatic carbocycles. The third-order valence-corrected chi connectivity index (χ3v) is 3.90. The molecule has 0 spiro atoms. The van der Waals surface area contributed by atoms with Crippen LogP contribution in [0.2, 0.25) is 5.02 Å². The van der Waals surface area contributed by atoms with Crippen LogP contribution in [0.4, 0.5) is 5.69 Å². The molecule has 0 aliphatic heterocycles. The topological polar surface area (TPSA) is 67.2 Å². The summed E-state index contributed by atoms with van der Waals surface area (Å²) >= 11 is 6.24. The second-order valence-electron chi connectivity index (χ2n) is 5.36. The fourth-order valence-corrected chi connectivity index (χ4v) is 2.68. The van der Waals surface area contributed by atoms with E-state index in [9.17, 15) is 9.90 Å². The van der Waals surface area contributed by atoms with Crippen LogP contribution in [0.5, 0.6) is 0 Å². The third-order valence-electron chi connectivity index (χ3n) is 3.57. The zero-order valence-electron chi connectivity index (χ0n) is 13.0. The van der Waals surface area contributed by atoms with E-state index in [4.69, 9.17) is 11.6 Å². The predicted octanol–water partition coefficient (Wildman–Crippen LogP) is 3.49. The van der Waals surface area contributed by atoms with Gasteiger partial charge in [0, 0.05) is 24.5 Å². The number of amides is 1. The Morgan fingerprint density at radius 1 is 1.25 bits per heavy atom. The van der Waals surface area contributed by atoms with Crippen molar-refractivity contribution in [2.45, 2.75) is 6.61 Å². The summed E-state index contributed by atoms with van der Waals surface area (Å²) in [7, 11) is 1.75. The zero-order chi connectivity index (χ0) is 17.1. The van der Waals surface area contributed by atoms with Crippen molar-refractivity contribution in [3.8, 4) is 11.3 Å². The van der Waals surface area contributed by atoms with Crippen molar-refractivity contribution in [2.75, 3.05) is 5.32 Å². The van der Waals surface area contributed by atoms with Crippen LogP contribution in [0, 0.1) is 0 Å². The number of aryl methyl sites for hydroxylation is 1. The van der Waals surface area contributed by atoms with Gasteiger partial charge in [-0.1, -0.05) is 41.9 Å². The number of nitrogens with zero attached hydrogens (tertiary/aromatic N) is 2. The highest BCUT2D eigenvalue weighted by Gasteiger charge is 2.19. The molecular weight excluding hydrogens is 326 g/mol. The van der Waals surface area contributed by atoms with E-state index in [1.54, 1.807) is 48.3 Å². The number of aliphatic hydroxyl groups excluding tert-OH is 1. The second kappa shape index (κ2) is 6.86. The van der Waals surface area contributed by atoms with E-state index < -0.39 is 0 Å². The van der Waals surface area contributed by atoms with E-state index in [2.05, 4.69) is 10.4 Å². The maximum absolute atomic E-state index is 12.7. The lowest BCUT2D eigenvalue weighted by molar-refractivity contribution is 0.102. The molecule has 3 rings (SSSR count). The number of carbonyl (C=O) groups excluding carboxylic acids is 1. The van der Waals surface area contributed by atoms with Gasteiger partial charge in [-0.05, 0) is 23.8 Å². The van der Waals surface area contributed by atoms with Gasteiger partial charge < -0.3 is 10.4 Å². The maximum atomic E-state index is 12.7. The van der Waals surface area contributed by atoms with E-state index in [1.807, 2.05) is 18.2 Å². The molecular formula is C18H16ClN3O2. The Morgan fingerprint density at radius 2 is 2.04 bits per heavy atom. The zero-order valence-corrected chi connectivity index (χ0v) is 13.8. The Balaban J connectivity index is 1.95. The molecule has 3 aromatic rings. The van der Waals surface area contributed by atoms with Crippen LogP contribution in [0.3, 0.4) is 0 Å². The van der Waals surface area contributed by atoms with Gasteiger partial charge in [0.15, 0.2) is 0 Å². The molecule has 0 saturated heterocycles. The number of anilines is 1. The number of benzene rings is 2. The summed E-state index contributed by atoms with van der Waals surface area (Å²) in [5, 5.41) is 16.9. The number of aromatic nitrogens is 2. The van der Waals surface area contributed by atoms with Gasteiger partial charge in [-0.2, -0.15) is 5.10 Å². The fraction of sp³-hybridized carbons (Fsp3) is 0.111. The molecule has 0 atom stereocenters. The van der Waals surface area contributed by atoms with Gasteiger partial charge in [0.25, 0.3) is 5.91 Å². The normalized spacial score (nSPS) is 10.6. The molecule has 0 unspecified atom stereocenters. The lowest BCUT2D eigenvalue weighted by Gasteiger charge is -2.07. The van der Waals surface area contributed by atoms with Crippen molar-refractivity contribution in [1.82, 2.24) is 9.78 Å². The molecule has 0 saturated carbocycles. The quantitative estimate of drug-likeness (QED) is 0.763. The van der Waals surface area contributed by atoms with Crippen molar-refractivity contribution in [2.24, 2.45) is 7.05 Å². The summed E-state index contributed by atoms with van der Waals surface area (Å²) in [5.74, 6) is -0.284. The summed E-state index contributed by atoms with van der Waals surface area (Å²) < 4.78 is 1.58. The van der Waals surface area contributed by atoms with E-state index in [-0.39, 0.29) is 12.5 Å². The van der Waals surface area contributed by atoms with Crippen molar-refractivity contribution in [3.63, 3.8) is 0 Å². The van der Waals surface area contributed by atoms with Gasteiger partial charge in [0.05, 0.1) is 17.2 Å². The first kappa shape index (κ1) is 16.2. The highest BCUT2D eigenvalue weighted by molar-refractivity contribution is 6.33. The van der Waals surface area contributed by atoms with Gasteiger partial charge in [-0.15, -0.1) is 0 Å². The van der Waals surface area contributed by atoms with Crippen LogP contribution in [0.1, 0.15) is 15.9 Å². The molecule has 5 nitrogen and oxygen atoms in total. The first-order valence-corrected chi connectivity index (χ1v) is 7.76. The summed E-state index contributed by atoms with van der Waals surface area (Å²) in [6.07, 6.45) is 1.66. The van der Waals surface area contributed by atoms with Crippen molar-refractivity contribution in [3.05, 3.63) is 70.9 Å². The van der Waals surface area contributed by atoms with Gasteiger partial charge in [0.1, 0.15) is 5.69 Å². The first-order valence-electron chi connectivity index (χ1n) is 7.38. The average Bonchev–Trinajstić information content (AvgIpc) is 2.97. The molecule has 2 aromatic carbocycles. The highest BCUT2D eigenvalue weighted by Crippen LogP contribution is 2.29. The number of halogens is 1. The minimum atomic E-state index is -0.284. The van der Waals surface area contributed by atoms with E-state index >= 15 is 0 Å². The number of hydrogen-bond donors (Lipinski definition) is 2. The van der Waals surface area contributed by atoms with E-state index in [1.165, 1.54) is 0 Å². The molecule has 2 N–H and O–H groups in total. The molecule has 0 radical (unpaired) electrons. The molecule has 122 valence electrons. The average molecular weight is 342 g/mol. The first-order chi connectivity index (χ1) is 11.6. The Kier molecular flexibility index (Phi) is 4.64. The molecule has 24 heavy (non-hydrogen) atoms. The van der Waals surface area contributed by atoms with E-state index in [0.717, 1.165) is 5.56 Å². The number of rotatable bonds is 4. The summed E-state index contributed by atoms with van der Waals surface area (Å²) in [6, 6.07) is 14.3. The van der Waals surface area contributed by atoms with Crippen LogP contribution >= 0.6 is 11.6 Å². The Bertz CT molecular complexity index is 889. The van der Waals surface area contributed by atoms with Crippen LogP contribution in [-0.4, -0.2) is 20.8 Å². The lowest BCUT2D eigenvalue weighted by Crippen LogP contribution is -2.12. The monoisotopic (exact) mass is 341 g/mol. The highest BCUT2D eigenvalue weighted by atomic mass is 35.5. The van der Waals surface area contributed by atoms with Crippen molar-refractivity contribution >= 4 is 23.2 Å². The minimum Gasteiger partial charge on any atom is -0.392 e. The lowest BCUT2D eigenvalue weighted by atomic mass is 10.1. The predicted molar refractivity (Wildman–Crippen MR) is 94.0 cm³/mol. The second-order valence-corrected chi connectivity index (χ2v) is 5.76. The van der Waals surface area contributed by atoms with Crippen LogP contribution in [-0.2, 0) is 13.7 Å². The van der Waals surface area contributed by atoms with Gasteiger partial charge in [-0.25, -0.2) is 0 Å². The fourth-order valence-electron chi connectivity index (χ4n) is 2.45. The minimum absolute atomic E-state index is 0.0819. The molecule has 0 fully saturated rings. The smallest absolute Gasteiger partial charge is 0.259 e. The number of aliphatic hydroxyl groups is 1. The third kappa shape index (κ3) is 3.32. The molecule has 1 amide bonds. The Labute approximate surface area is 144 Å². The summed E-state index contributed by atoms with van der Waals surface area (Å²) in [4.78, 5) is 12.7. The molecule has 0 aliphatic rings. The summed E-state index contributed by atoms with van der Waals surface area (Å²) in [5.41, 5.74) is 3.00. The van der Waals surface area contributed by atoms with Crippen molar-refractivity contribution < 1.29 is 9.90 Å². The molecule has 6 heteroatoms. The van der Waals surface area contributed by atoms with Gasteiger partial charge in [0.2, 0.25) is 0 Å². The van der Waals surface area contributed by atoms with Crippen molar-refractivity contribution in [1.29, 1.82) is 0 Å².